The number of benzene rings is 3. The SMILES string of the molecule is O=C(c1ccccc1)C(c1ccccc1)C(c1ccccn1)c1c[nH]c2ccccc12. The van der Waals surface area contributed by atoms with Crippen LogP contribution in [0.1, 0.15) is 39.0 Å². The number of para-hydroxylation sites is 1. The molecular weight excluding hydrogens is 380 g/mol. The molecule has 0 bridgehead atoms. The van der Waals surface area contributed by atoms with E-state index in [1.165, 1.54) is 0 Å². The molecule has 0 saturated carbocycles. The summed E-state index contributed by atoms with van der Waals surface area (Å²) in [6, 6.07) is 33.7. The molecule has 2 aromatic heterocycles. The lowest BCUT2D eigenvalue weighted by Gasteiger charge is -2.26. The van der Waals surface area contributed by atoms with Gasteiger partial charge in [-0.2, -0.15) is 0 Å². The first-order valence-corrected chi connectivity index (χ1v) is 10.4. The second-order valence-electron chi connectivity index (χ2n) is 7.64. The normalized spacial score (nSPS) is 13.0. The van der Waals surface area contributed by atoms with E-state index < -0.39 is 5.92 Å². The third-order valence-electron chi connectivity index (χ3n) is 5.80. The number of carbonyl (C=O) groups is 1. The second-order valence-corrected chi connectivity index (χ2v) is 7.64. The molecule has 0 aliphatic carbocycles. The molecule has 3 heteroatoms. The van der Waals surface area contributed by atoms with Gasteiger partial charge in [-0.1, -0.05) is 84.9 Å². The van der Waals surface area contributed by atoms with Gasteiger partial charge in [-0.05, 0) is 29.3 Å². The monoisotopic (exact) mass is 402 g/mol. The molecule has 2 atom stereocenters. The molecule has 0 fully saturated rings. The zero-order valence-electron chi connectivity index (χ0n) is 17.0. The van der Waals surface area contributed by atoms with Crippen LogP contribution in [0.2, 0.25) is 0 Å². The van der Waals surface area contributed by atoms with Gasteiger partial charge in [0, 0.05) is 40.5 Å². The Labute approximate surface area is 181 Å². The van der Waals surface area contributed by atoms with Gasteiger partial charge in [0.1, 0.15) is 0 Å². The number of Topliss-reactive ketones (excluding diaryl/α,β-unsaturated/α-hetero) is 1. The van der Waals surface area contributed by atoms with Crippen molar-refractivity contribution in [1.82, 2.24) is 9.97 Å². The highest BCUT2D eigenvalue weighted by atomic mass is 16.1. The molecule has 5 rings (SSSR count). The number of nitrogens with one attached hydrogen (secondary N) is 1. The Morgan fingerprint density at radius 2 is 1.42 bits per heavy atom. The van der Waals surface area contributed by atoms with Crippen LogP contribution in [0.3, 0.4) is 0 Å². The van der Waals surface area contributed by atoms with E-state index in [0.717, 1.165) is 27.7 Å². The summed E-state index contributed by atoms with van der Waals surface area (Å²) in [6.07, 6.45) is 3.82. The van der Waals surface area contributed by atoms with Crippen molar-refractivity contribution >= 4 is 16.7 Å². The van der Waals surface area contributed by atoms with Gasteiger partial charge in [-0.25, -0.2) is 0 Å². The number of ketones is 1. The summed E-state index contributed by atoms with van der Waals surface area (Å²) in [7, 11) is 0. The molecule has 0 spiro atoms. The zero-order valence-corrected chi connectivity index (χ0v) is 17.0. The molecule has 0 amide bonds. The molecule has 0 aliphatic rings. The third kappa shape index (κ3) is 3.66. The van der Waals surface area contributed by atoms with E-state index >= 15 is 0 Å². The molecule has 0 radical (unpaired) electrons. The van der Waals surface area contributed by atoms with Gasteiger partial charge in [-0.3, -0.25) is 9.78 Å². The zero-order chi connectivity index (χ0) is 21.0. The van der Waals surface area contributed by atoms with Gasteiger partial charge < -0.3 is 4.98 Å². The first kappa shape index (κ1) is 19.0. The maximum Gasteiger partial charge on any atom is 0.171 e. The Kier molecular flexibility index (Phi) is 5.16. The summed E-state index contributed by atoms with van der Waals surface area (Å²) < 4.78 is 0. The number of aromatic nitrogens is 2. The van der Waals surface area contributed by atoms with Crippen molar-refractivity contribution in [3.63, 3.8) is 0 Å². The maximum atomic E-state index is 14.0. The van der Waals surface area contributed by atoms with Crippen molar-refractivity contribution in [1.29, 1.82) is 0 Å². The molecular formula is C28H22N2O. The summed E-state index contributed by atoms with van der Waals surface area (Å²) in [6.45, 7) is 0. The number of carbonyl (C=O) groups excluding carboxylic acids is 1. The summed E-state index contributed by atoms with van der Waals surface area (Å²) in [5.74, 6) is -0.544. The van der Waals surface area contributed by atoms with Crippen LogP contribution in [0.25, 0.3) is 10.9 Å². The highest BCUT2D eigenvalue weighted by Crippen LogP contribution is 2.42. The van der Waals surface area contributed by atoms with Crippen LogP contribution < -0.4 is 0 Å². The van der Waals surface area contributed by atoms with E-state index in [1.807, 2.05) is 97.2 Å². The molecule has 2 heterocycles. The fraction of sp³-hybridized carbons (Fsp3) is 0.0714. The summed E-state index contributed by atoms with van der Waals surface area (Å²) >= 11 is 0. The lowest BCUT2D eigenvalue weighted by atomic mass is 9.75. The number of fused-ring (bicyclic) bond motifs is 1. The average Bonchev–Trinajstić information content (AvgIpc) is 3.27. The van der Waals surface area contributed by atoms with E-state index in [2.05, 4.69) is 17.1 Å². The van der Waals surface area contributed by atoms with Crippen LogP contribution in [0.5, 0.6) is 0 Å². The van der Waals surface area contributed by atoms with E-state index in [9.17, 15) is 4.79 Å². The third-order valence-corrected chi connectivity index (χ3v) is 5.80. The summed E-state index contributed by atoms with van der Waals surface area (Å²) in [4.78, 5) is 22.0. The Bertz CT molecular complexity index is 1290. The summed E-state index contributed by atoms with van der Waals surface area (Å²) in [5, 5.41) is 1.11. The van der Waals surface area contributed by atoms with E-state index in [-0.39, 0.29) is 11.7 Å². The predicted octanol–water partition coefficient (Wildman–Crippen LogP) is 6.36. The number of hydrogen-bond donors (Lipinski definition) is 1. The van der Waals surface area contributed by atoms with E-state index in [0.29, 0.717) is 5.56 Å². The predicted molar refractivity (Wildman–Crippen MR) is 124 cm³/mol. The number of hydrogen-bond acceptors (Lipinski definition) is 2. The van der Waals surface area contributed by atoms with E-state index in [1.54, 1.807) is 6.20 Å². The lowest BCUT2D eigenvalue weighted by molar-refractivity contribution is 0.0951. The van der Waals surface area contributed by atoms with Crippen molar-refractivity contribution < 1.29 is 4.79 Å². The van der Waals surface area contributed by atoms with Gasteiger partial charge in [0.2, 0.25) is 0 Å². The van der Waals surface area contributed by atoms with Crippen molar-refractivity contribution in [3.05, 3.63) is 138 Å². The highest BCUT2D eigenvalue weighted by Gasteiger charge is 2.35. The number of H-pyrrole nitrogens is 1. The van der Waals surface area contributed by atoms with Gasteiger partial charge in [-0.15, -0.1) is 0 Å². The van der Waals surface area contributed by atoms with Crippen molar-refractivity contribution in [3.8, 4) is 0 Å². The largest absolute Gasteiger partial charge is 0.361 e. The Balaban J connectivity index is 1.75. The van der Waals surface area contributed by atoms with Crippen LogP contribution in [0.4, 0.5) is 0 Å². The smallest absolute Gasteiger partial charge is 0.171 e. The molecule has 0 saturated heterocycles. The van der Waals surface area contributed by atoms with Crippen LogP contribution in [0, 0.1) is 0 Å². The standard InChI is InChI=1S/C28H22N2O/c31-28(21-13-5-2-6-14-21)26(20-11-3-1-4-12-20)27(25-17-9-10-18-29-25)23-19-30-24-16-8-7-15-22(23)24/h1-19,26-27,30H. The quantitative estimate of drug-likeness (QED) is 0.336. The number of aromatic amines is 1. The fourth-order valence-electron chi connectivity index (χ4n) is 4.36. The van der Waals surface area contributed by atoms with Gasteiger partial charge in [0.15, 0.2) is 5.78 Å². The number of nitrogens with zero attached hydrogens (tertiary/aromatic N) is 1. The molecule has 31 heavy (non-hydrogen) atoms. The molecule has 0 aliphatic heterocycles. The minimum atomic E-state index is -0.405. The van der Waals surface area contributed by atoms with Crippen LogP contribution in [-0.4, -0.2) is 15.8 Å². The number of rotatable bonds is 6. The molecule has 3 nitrogen and oxygen atoms in total. The summed E-state index contributed by atoms with van der Waals surface area (Å²) in [5.41, 5.74) is 4.70. The van der Waals surface area contributed by atoms with Gasteiger partial charge >= 0.3 is 0 Å². The molecule has 5 aromatic rings. The molecule has 2 unspecified atom stereocenters. The minimum Gasteiger partial charge on any atom is -0.361 e. The van der Waals surface area contributed by atoms with Crippen LogP contribution in [0.15, 0.2) is 116 Å². The molecule has 3 aromatic carbocycles. The fourth-order valence-corrected chi connectivity index (χ4v) is 4.36. The van der Waals surface area contributed by atoms with Crippen LogP contribution in [-0.2, 0) is 0 Å². The van der Waals surface area contributed by atoms with Crippen molar-refractivity contribution in [2.75, 3.05) is 0 Å². The second kappa shape index (κ2) is 8.41. The topological polar surface area (TPSA) is 45.8 Å². The number of pyridine rings is 1. The Morgan fingerprint density at radius 3 is 2.16 bits per heavy atom. The van der Waals surface area contributed by atoms with Gasteiger partial charge in [0.25, 0.3) is 0 Å². The molecule has 150 valence electrons. The molecule has 1 N–H and O–H groups in total. The maximum absolute atomic E-state index is 14.0. The van der Waals surface area contributed by atoms with Crippen molar-refractivity contribution in [2.45, 2.75) is 11.8 Å². The first-order chi connectivity index (χ1) is 15.3. The first-order valence-electron chi connectivity index (χ1n) is 10.4. The Hall–Kier alpha value is -3.98. The highest BCUT2D eigenvalue weighted by molar-refractivity contribution is 6.02. The van der Waals surface area contributed by atoms with Gasteiger partial charge in [0.05, 0.1) is 5.92 Å². The van der Waals surface area contributed by atoms with Crippen LogP contribution >= 0.6 is 0 Å². The minimum absolute atomic E-state index is 0.0905. The lowest BCUT2D eigenvalue weighted by Crippen LogP contribution is -2.22. The van der Waals surface area contributed by atoms with E-state index in [4.69, 9.17) is 4.98 Å². The Morgan fingerprint density at radius 1 is 0.742 bits per heavy atom. The van der Waals surface area contributed by atoms with Crippen molar-refractivity contribution in [2.24, 2.45) is 0 Å². The average molecular weight is 402 g/mol.